The Labute approximate surface area is 205 Å². The van der Waals surface area contributed by atoms with Crippen molar-refractivity contribution in [3.63, 3.8) is 0 Å². The maximum Gasteiger partial charge on any atom is 0.324 e. The van der Waals surface area contributed by atoms with Crippen LogP contribution in [0.5, 0.6) is 0 Å². The van der Waals surface area contributed by atoms with Crippen LogP contribution in [0.25, 0.3) is 0 Å². The van der Waals surface area contributed by atoms with Crippen LogP contribution in [0.4, 0.5) is 10.5 Å². The minimum atomic E-state index is -0.116. The van der Waals surface area contributed by atoms with Gasteiger partial charge in [-0.25, -0.2) is 4.79 Å². The van der Waals surface area contributed by atoms with Crippen molar-refractivity contribution < 1.29 is 14.3 Å². The highest BCUT2D eigenvalue weighted by molar-refractivity contribution is 5.94. The number of esters is 1. The van der Waals surface area contributed by atoms with Gasteiger partial charge in [-0.05, 0) is 88.2 Å². The monoisotopic (exact) mass is 470 g/mol. The summed E-state index contributed by atoms with van der Waals surface area (Å²) in [6.45, 7) is 5.98. The molecule has 1 aromatic rings. The fourth-order valence-electron chi connectivity index (χ4n) is 5.79. The van der Waals surface area contributed by atoms with Gasteiger partial charge in [0.05, 0.1) is 7.11 Å². The zero-order valence-corrected chi connectivity index (χ0v) is 21.3. The van der Waals surface area contributed by atoms with Crippen molar-refractivity contribution in [3.05, 3.63) is 29.3 Å². The molecule has 1 saturated carbocycles. The number of benzene rings is 1. The summed E-state index contributed by atoms with van der Waals surface area (Å²) in [7, 11) is 5.72. The second-order valence-electron chi connectivity index (χ2n) is 10.5. The molecule has 188 valence electrons. The largest absolute Gasteiger partial charge is 0.469 e. The van der Waals surface area contributed by atoms with E-state index in [9.17, 15) is 9.59 Å². The SMILES string of the molecule is COC(=O)CCC1CCC(N2CCN(c3ccc4c(c3)CCN(CCN(C)C)CC4)C2=O)CC1. The van der Waals surface area contributed by atoms with E-state index < -0.39 is 0 Å². The minimum Gasteiger partial charge on any atom is -0.469 e. The molecule has 0 unspecified atom stereocenters. The Morgan fingerprint density at radius 1 is 1.03 bits per heavy atom. The molecule has 1 aromatic carbocycles. The van der Waals surface area contributed by atoms with Gasteiger partial charge in [-0.3, -0.25) is 9.69 Å². The Balaban J connectivity index is 1.31. The Bertz CT molecular complexity index is 850. The number of methoxy groups -OCH3 is 1. The molecule has 0 aromatic heterocycles. The van der Waals surface area contributed by atoms with Crippen LogP contribution in [0, 0.1) is 5.92 Å². The highest BCUT2D eigenvalue weighted by atomic mass is 16.5. The molecule has 0 bridgehead atoms. The van der Waals surface area contributed by atoms with E-state index in [1.54, 1.807) is 0 Å². The smallest absolute Gasteiger partial charge is 0.324 e. The number of amides is 2. The van der Waals surface area contributed by atoms with Crippen molar-refractivity contribution in [1.82, 2.24) is 14.7 Å². The second-order valence-corrected chi connectivity index (χ2v) is 10.5. The predicted molar refractivity (Wildman–Crippen MR) is 135 cm³/mol. The van der Waals surface area contributed by atoms with Gasteiger partial charge in [0.1, 0.15) is 0 Å². The summed E-state index contributed by atoms with van der Waals surface area (Å²) in [5.74, 6) is 0.459. The lowest BCUT2D eigenvalue weighted by Gasteiger charge is -2.34. The minimum absolute atomic E-state index is 0.116. The lowest BCUT2D eigenvalue weighted by Crippen LogP contribution is -2.41. The van der Waals surface area contributed by atoms with E-state index >= 15 is 0 Å². The molecule has 7 nitrogen and oxygen atoms in total. The predicted octanol–water partition coefficient (Wildman–Crippen LogP) is 3.40. The van der Waals surface area contributed by atoms with Crippen LogP contribution in [0.1, 0.15) is 49.7 Å². The third kappa shape index (κ3) is 6.11. The van der Waals surface area contributed by atoms with Crippen molar-refractivity contribution >= 4 is 17.7 Å². The standard InChI is InChI=1S/C27H42N4O3/c1-28(2)16-17-29-14-12-22-7-10-25(20-23(22)13-15-29)31-19-18-30(27(31)33)24-8-4-21(5-9-24)6-11-26(32)34-3/h7,10,20-21,24H,4-6,8-9,11-19H2,1-3H3. The first-order chi connectivity index (χ1) is 16.4. The summed E-state index contributed by atoms with van der Waals surface area (Å²) in [4.78, 5) is 33.7. The zero-order valence-electron chi connectivity index (χ0n) is 21.3. The first-order valence-corrected chi connectivity index (χ1v) is 13.1. The van der Waals surface area contributed by atoms with Crippen LogP contribution in [0.3, 0.4) is 0 Å². The molecule has 0 N–H and O–H groups in total. The maximum absolute atomic E-state index is 13.4. The molecule has 2 fully saturated rings. The highest BCUT2D eigenvalue weighted by Gasteiger charge is 2.36. The highest BCUT2D eigenvalue weighted by Crippen LogP contribution is 2.33. The molecular formula is C27H42N4O3. The lowest BCUT2D eigenvalue weighted by molar-refractivity contribution is -0.141. The van der Waals surface area contributed by atoms with Gasteiger partial charge in [-0.15, -0.1) is 0 Å². The third-order valence-corrected chi connectivity index (χ3v) is 8.04. The molecule has 7 heteroatoms. The number of likely N-dealkylation sites (N-methyl/N-ethyl adjacent to an activating group) is 1. The number of hydrogen-bond acceptors (Lipinski definition) is 5. The number of hydrogen-bond donors (Lipinski definition) is 0. The fraction of sp³-hybridized carbons (Fsp3) is 0.704. The number of nitrogens with zero attached hydrogens (tertiary/aromatic N) is 4. The van der Waals surface area contributed by atoms with Gasteiger partial charge in [0.25, 0.3) is 0 Å². The number of ether oxygens (including phenoxy) is 1. The van der Waals surface area contributed by atoms with Crippen molar-refractivity contribution in [2.75, 3.05) is 65.4 Å². The summed E-state index contributed by atoms with van der Waals surface area (Å²) in [5.41, 5.74) is 3.90. The van der Waals surface area contributed by atoms with Gasteiger partial charge in [0.2, 0.25) is 0 Å². The Kier molecular flexibility index (Phi) is 8.48. The Morgan fingerprint density at radius 3 is 2.47 bits per heavy atom. The molecule has 0 atom stereocenters. The number of fused-ring (bicyclic) bond motifs is 1. The van der Waals surface area contributed by atoms with E-state index in [2.05, 4.69) is 47.0 Å². The van der Waals surface area contributed by atoms with Crippen molar-refractivity contribution in [1.29, 1.82) is 0 Å². The van der Waals surface area contributed by atoms with E-state index in [-0.39, 0.29) is 12.0 Å². The molecule has 0 spiro atoms. The van der Waals surface area contributed by atoms with Crippen LogP contribution < -0.4 is 4.90 Å². The summed E-state index contributed by atoms with van der Waals surface area (Å²) in [6.07, 6.45) is 7.81. The molecule has 2 aliphatic heterocycles. The van der Waals surface area contributed by atoms with E-state index in [0.29, 0.717) is 18.4 Å². The molecule has 0 radical (unpaired) electrons. The Hall–Kier alpha value is -2.12. The quantitative estimate of drug-likeness (QED) is 0.545. The van der Waals surface area contributed by atoms with Gasteiger partial charge in [-0.1, -0.05) is 6.07 Å². The van der Waals surface area contributed by atoms with Gasteiger partial charge in [0.15, 0.2) is 0 Å². The number of carbonyl (C=O) groups is 2. The lowest BCUT2D eigenvalue weighted by atomic mass is 9.83. The summed E-state index contributed by atoms with van der Waals surface area (Å²) < 4.78 is 4.78. The topological polar surface area (TPSA) is 56.3 Å². The average molecular weight is 471 g/mol. The van der Waals surface area contributed by atoms with Crippen LogP contribution in [0.2, 0.25) is 0 Å². The van der Waals surface area contributed by atoms with Crippen LogP contribution >= 0.6 is 0 Å². The summed E-state index contributed by atoms with van der Waals surface area (Å²) in [5, 5.41) is 0. The van der Waals surface area contributed by atoms with Crippen LogP contribution in [-0.2, 0) is 22.4 Å². The van der Waals surface area contributed by atoms with E-state index in [4.69, 9.17) is 4.74 Å². The normalized spacial score (nSPS) is 23.8. The van der Waals surface area contributed by atoms with E-state index in [0.717, 1.165) is 89.9 Å². The number of anilines is 1. The molecule has 1 aliphatic carbocycles. The van der Waals surface area contributed by atoms with E-state index in [1.165, 1.54) is 18.2 Å². The average Bonchev–Trinajstić information content (AvgIpc) is 3.11. The molecular weight excluding hydrogens is 428 g/mol. The van der Waals surface area contributed by atoms with Gasteiger partial charge >= 0.3 is 12.0 Å². The maximum atomic E-state index is 13.4. The van der Waals surface area contributed by atoms with Crippen molar-refractivity contribution in [2.24, 2.45) is 5.92 Å². The van der Waals surface area contributed by atoms with Crippen LogP contribution in [0.15, 0.2) is 18.2 Å². The van der Waals surface area contributed by atoms with Crippen molar-refractivity contribution in [2.45, 2.75) is 57.4 Å². The molecule has 34 heavy (non-hydrogen) atoms. The van der Waals surface area contributed by atoms with Crippen LogP contribution in [-0.4, -0.2) is 93.2 Å². The molecule has 2 heterocycles. The summed E-state index contributed by atoms with van der Waals surface area (Å²) in [6, 6.07) is 7.18. The third-order valence-electron chi connectivity index (χ3n) is 8.04. The number of rotatable bonds is 8. The molecule has 2 amide bonds. The first-order valence-electron chi connectivity index (χ1n) is 13.1. The molecule has 4 rings (SSSR count). The van der Waals surface area contributed by atoms with Gasteiger partial charge in [0, 0.05) is 57.4 Å². The zero-order chi connectivity index (χ0) is 24.1. The number of carbonyl (C=O) groups excluding carboxylic acids is 2. The van der Waals surface area contributed by atoms with Gasteiger partial charge < -0.3 is 19.4 Å². The fourth-order valence-corrected chi connectivity index (χ4v) is 5.79. The molecule has 3 aliphatic rings. The Morgan fingerprint density at radius 2 is 1.76 bits per heavy atom. The number of urea groups is 1. The van der Waals surface area contributed by atoms with E-state index in [1.807, 2.05) is 4.90 Å². The second kappa shape index (κ2) is 11.5. The molecule has 1 saturated heterocycles. The summed E-state index contributed by atoms with van der Waals surface area (Å²) >= 11 is 0. The van der Waals surface area contributed by atoms with Gasteiger partial charge in [-0.2, -0.15) is 0 Å². The first kappa shape index (κ1) is 25.0. The van der Waals surface area contributed by atoms with Crippen molar-refractivity contribution in [3.8, 4) is 0 Å².